The summed E-state index contributed by atoms with van der Waals surface area (Å²) in [5, 5.41) is 2.88. The Morgan fingerprint density at radius 1 is 1.26 bits per heavy atom. The number of carbonyl (C=O) groups excluding carboxylic acids is 2. The van der Waals surface area contributed by atoms with Gasteiger partial charge in [-0.3, -0.25) is 4.79 Å². The van der Waals surface area contributed by atoms with Crippen LogP contribution >= 0.6 is 0 Å². The van der Waals surface area contributed by atoms with Crippen LogP contribution in [0.3, 0.4) is 0 Å². The van der Waals surface area contributed by atoms with Crippen molar-refractivity contribution in [2.45, 2.75) is 40.2 Å². The van der Waals surface area contributed by atoms with E-state index in [-0.39, 0.29) is 17.8 Å². The molecule has 1 fully saturated rings. The number of nitrogens with one attached hydrogen (secondary N) is 2. The van der Waals surface area contributed by atoms with Crippen molar-refractivity contribution in [2.75, 3.05) is 44.7 Å². The molecule has 1 heterocycles. The zero-order valence-corrected chi connectivity index (χ0v) is 17.3. The minimum atomic E-state index is -0.567. The Morgan fingerprint density at radius 3 is 2.52 bits per heavy atom. The molecule has 1 aromatic rings. The maximum absolute atomic E-state index is 12.5. The standard InChI is InChI=1S/C21H33N3O3/c1-6-15(2)20(21(26)27-5)22-19(25)14-23-10-12-24(13-11-23)18-9-7-8-16(3)17(18)4/h7-9,15,20H,6,10-14H2,1-5H3,(H,22,25)/p+1/t15-,20-/m1/s1. The van der Waals surface area contributed by atoms with Gasteiger partial charge in [-0.1, -0.05) is 32.4 Å². The fourth-order valence-corrected chi connectivity index (χ4v) is 3.57. The zero-order valence-electron chi connectivity index (χ0n) is 17.3. The highest BCUT2D eigenvalue weighted by Gasteiger charge is 2.29. The van der Waals surface area contributed by atoms with Crippen LogP contribution in [0.15, 0.2) is 18.2 Å². The first kappa shape index (κ1) is 21.2. The van der Waals surface area contributed by atoms with Gasteiger partial charge in [-0.05, 0) is 37.0 Å². The molecule has 1 aliphatic heterocycles. The van der Waals surface area contributed by atoms with Gasteiger partial charge >= 0.3 is 5.97 Å². The average Bonchev–Trinajstić information content (AvgIpc) is 2.67. The summed E-state index contributed by atoms with van der Waals surface area (Å²) in [5.41, 5.74) is 3.93. The predicted molar refractivity (Wildman–Crippen MR) is 107 cm³/mol. The molecule has 6 heteroatoms. The van der Waals surface area contributed by atoms with Gasteiger partial charge in [0.25, 0.3) is 5.91 Å². The van der Waals surface area contributed by atoms with Gasteiger partial charge in [-0.15, -0.1) is 0 Å². The fourth-order valence-electron chi connectivity index (χ4n) is 3.57. The Hall–Kier alpha value is -2.08. The predicted octanol–water partition coefficient (Wildman–Crippen LogP) is 0.712. The Balaban J connectivity index is 1.88. The van der Waals surface area contributed by atoms with Crippen molar-refractivity contribution in [3.05, 3.63) is 29.3 Å². The number of esters is 1. The minimum absolute atomic E-state index is 0.0533. The topological polar surface area (TPSA) is 63.1 Å². The van der Waals surface area contributed by atoms with Crippen molar-refractivity contribution in [2.24, 2.45) is 5.92 Å². The molecule has 1 saturated heterocycles. The van der Waals surface area contributed by atoms with E-state index < -0.39 is 6.04 Å². The molecule has 1 amide bonds. The smallest absolute Gasteiger partial charge is 0.328 e. The molecule has 0 radical (unpaired) electrons. The van der Waals surface area contributed by atoms with E-state index in [9.17, 15) is 9.59 Å². The molecule has 0 spiro atoms. The van der Waals surface area contributed by atoms with Crippen molar-refractivity contribution >= 4 is 17.6 Å². The molecule has 150 valence electrons. The third-order valence-electron chi connectivity index (χ3n) is 5.78. The number of aryl methyl sites for hydroxylation is 1. The number of hydrogen-bond donors (Lipinski definition) is 2. The molecule has 0 unspecified atom stereocenters. The molecular weight excluding hydrogens is 342 g/mol. The lowest BCUT2D eigenvalue weighted by Gasteiger charge is -2.34. The van der Waals surface area contributed by atoms with Crippen LogP contribution in [0, 0.1) is 19.8 Å². The van der Waals surface area contributed by atoms with Crippen LogP contribution in [0.5, 0.6) is 0 Å². The highest BCUT2D eigenvalue weighted by molar-refractivity contribution is 5.85. The molecule has 0 aromatic heterocycles. The van der Waals surface area contributed by atoms with Gasteiger partial charge in [0, 0.05) is 5.69 Å². The Bertz CT molecular complexity index is 654. The largest absolute Gasteiger partial charge is 0.467 e. The van der Waals surface area contributed by atoms with Crippen molar-refractivity contribution < 1.29 is 19.2 Å². The van der Waals surface area contributed by atoms with Gasteiger partial charge in [0.2, 0.25) is 0 Å². The second-order valence-corrected chi connectivity index (χ2v) is 7.59. The number of carbonyl (C=O) groups is 2. The Labute approximate surface area is 162 Å². The Morgan fingerprint density at radius 2 is 1.93 bits per heavy atom. The molecule has 27 heavy (non-hydrogen) atoms. The highest BCUT2D eigenvalue weighted by Crippen LogP contribution is 2.22. The number of quaternary nitrogens is 1. The van der Waals surface area contributed by atoms with Crippen LogP contribution in [-0.4, -0.2) is 57.8 Å². The van der Waals surface area contributed by atoms with E-state index >= 15 is 0 Å². The summed E-state index contributed by atoms with van der Waals surface area (Å²) in [5.74, 6) is -0.397. The molecule has 0 aliphatic carbocycles. The number of hydrogen-bond acceptors (Lipinski definition) is 4. The van der Waals surface area contributed by atoms with Crippen LogP contribution in [0.1, 0.15) is 31.4 Å². The quantitative estimate of drug-likeness (QED) is 0.688. The minimum Gasteiger partial charge on any atom is -0.467 e. The average molecular weight is 377 g/mol. The third kappa shape index (κ3) is 5.45. The van der Waals surface area contributed by atoms with E-state index in [1.165, 1.54) is 28.8 Å². The summed E-state index contributed by atoms with van der Waals surface area (Å²) in [6.07, 6.45) is 0.807. The van der Waals surface area contributed by atoms with E-state index in [1.54, 1.807) is 0 Å². The van der Waals surface area contributed by atoms with Crippen LogP contribution in [0.4, 0.5) is 5.69 Å². The molecule has 2 N–H and O–H groups in total. The number of piperazine rings is 1. The van der Waals surface area contributed by atoms with E-state index in [4.69, 9.17) is 4.74 Å². The molecule has 2 rings (SSSR count). The lowest BCUT2D eigenvalue weighted by Crippen LogP contribution is -3.16. The monoisotopic (exact) mass is 376 g/mol. The van der Waals surface area contributed by atoms with Crippen LogP contribution in [0.25, 0.3) is 0 Å². The van der Waals surface area contributed by atoms with Crippen molar-refractivity contribution in [1.29, 1.82) is 0 Å². The summed E-state index contributed by atoms with van der Waals surface area (Å²) < 4.78 is 4.84. The first-order chi connectivity index (χ1) is 12.9. The number of amides is 1. The lowest BCUT2D eigenvalue weighted by molar-refractivity contribution is -0.892. The van der Waals surface area contributed by atoms with E-state index in [0.717, 1.165) is 32.6 Å². The lowest BCUT2D eigenvalue weighted by atomic mass is 9.99. The number of nitrogens with zero attached hydrogens (tertiary/aromatic N) is 1. The summed E-state index contributed by atoms with van der Waals surface area (Å²) in [4.78, 5) is 28.1. The number of methoxy groups -OCH3 is 1. The van der Waals surface area contributed by atoms with E-state index in [2.05, 4.69) is 42.3 Å². The number of anilines is 1. The fraction of sp³-hybridized carbons (Fsp3) is 0.619. The highest BCUT2D eigenvalue weighted by atomic mass is 16.5. The first-order valence-electron chi connectivity index (χ1n) is 9.89. The van der Waals surface area contributed by atoms with E-state index in [0.29, 0.717) is 6.54 Å². The van der Waals surface area contributed by atoms with Crippen LogP contribution < -0.4 is 15.1 Å². The SMILES string of the molecule is CC[C@@H](C)[C@@H](NC(=O)C[NH+]1CCN(c2cccc(C)c2C)CC1)C(=O)OC. The maximum Gasteiger partial charge on any atom is 0.328 e. The summed E-state index contributed by atoms with van der Waals surface area (Å²) in [6, 6.07) is 5.85. The summed E-state index contributed by atoms with van der Waals surface area (Å²) >= 11 is 0. The van der Waals surface area contributed by atoms with Crippen LogP contribution in [-0.2, 0) is 14.3 Å². The molecule has 0 bridgehead atoms. The zero-order chi connectivity index (χ0) is 20.0. The number of benzene rings is 1. The summed E-state index contributed by atoms with van der Waals surface area (Å²) in [7, 11) is 1.36. The first-order valence-corrected chi connectivity index (χ1v) is 9.89. The van der Waals surface area contributed by atoms with Crippen LogP contribution in [0.2, 0.25) is 0 Å². The molecule has 0 saturated carbocycles. The van der Waals surface area contributed by atoms with E-state index in [1.807, 2.05) is 13.8 Å². The van der Waals surface area contributed by atoms with Crippen molar-refractivity contribution in [3.63, 3.8) is 0 Å². The maximum atomic E-state index is 12.5. The second kappa shape index (κ2) is 9.74. The number of ether oxygens (including phenoxy) is 1. The van der Waals surface area contributed by atoms with Crippen molar-refractivity contribution in [3.8, 4) is 0 Å². The molecule has 2 atom stereocenters. The Kier molecular flexibility index (Phi) is 7.66. The van der Waals surface area contributed by atoms with Gasteiger partial charge in [0.15, 0.2) is 6.54 Å². The normalized spacial score (nSPS) is 17.3. The van der Waals surface area contributed by atoms with Gasteiger partial charge in [0.1, 0.15) is 6.04 Å². The van der Waals surface area contributed by atoms with Gasteiger partial charge in [0.05, 0.1) is 33.3 Å². The van der Waals surface area contributed by atoms with Crippen molar-refractivity contribution in [1.82, 2.24) is 5.32 Å². The van der Waals surface area contributed by atoms with Gasteiger partial charge in [-0.25, -0.2) is 4.79 Å². The summed E-state index contributed by atoms with van der Waals surface area (Å²) in [6.45, 7) is 12.3. The molecule has 1 aromatic carbocycles. The molecule has 6 nitrogen and oxygen atoms in total. The number of rotatable bonds is 7. The third-order valence-corrected chi connectivity index (χ3v) is 5.78. The van der Waals surface area contributed by atoms with Gasteiger partial charge < -0.3 is 19.9 Å². The van der Waals surface area contributed by atoms with Gasteiger partial charge in [-0.2, -0.15) is 0 Å². The molecular formula is C21H34N3O3+. The second-order valence-electron chi connectivity index (χ2n) is 7.59. The molecule has 1 aliphatic rings.